The molecule has 2 aromatic carbocycles. The zero-order valence-electron chi connectivity index (χ0n) is 15.5. The molecule has 0 aliphatic heterocycles. The van der Waals surface area contributed by atoms with Crippen LogP contribution in [0.5, 0.6) is 11.5 Å². The van der Waals surface area contributed by atoms with Gasteiger partial charge >= 0.3 is 5.97 Å². The van der Waals surface area contributed by atoms with Crippen LogP contribution >= 0.6 is 0 Å². The Bertz CT molecular complexity index is 1150. The lowest BCUT2D eigenvalue weighted by Gasteiger charge is -2.11. The highest BCUT2D eigenvalue weighted by atomic mass is 16.5. The number of benzene rings is 2. The molecule has 0 bridgehead atoms. The molecule has 0 atom stereocenters. The molecule has 0 amide bonds. The van der Waals surface area contributed by atoms with Crippen LogP contribution in [-0.4, -0.2) is 20.7 Å². The summed E-state index contributed by atoms with van der Waals surface area (Å²) in [6, 6.07) is 19.1. The zero-order valence-corrected chi connectivity index (χ0v) is 15.5. The standard InChI is InChI=1S/C22H19N3O3/c1-14-12-20(21-15(2)19(22(26)27)13-25(21)24-14)23-16-8-10-18(11-9-16)28-17-6-4-3-5-7-17/h3-13,23H,1-2H3,(H,26,27). The van der Waals surface area contributed by atoms with Gasteiger partial charge in [-0.15, -0.1) is 0 Å². The Balaban J connectivity index is 1.63. The summed E-state index contributed by atoms with van der Waals surface area (Å²) in [5, 5.41) is 17.2. The Morgan fingerprint density at radius 3 is 2.39 bits per heavy atom. The van der Waals surface area contributed by atoms with Gasteiger partial charge in [0.05, 0.1) is 22.5 Å². The first-order chi connectivity index (χ1) is 13.5. The third-order valence-electron chi connectivity index (χ3n) is 4.46. The Morgan fingerprint density at radius 2 is 1.71 bits per heavy atom. The molecule has 28 heavy (non-hydrogen) atoms. The van der Waals surface area contributed by atoms with E-state index >= 15 is 0 Å². The van der Waals surface area contributed by atoms with E-state index in [1.54, 1.807) is 17.6 Å². The highest BCUT2D eigenvalue weighted by Crippen LogP contribution is 2.29. The number of carbonyl (C=O) groups is 1. The molecule has 4 rings (SSSR count). The van der Waals surface area contributed by atoms with Crippen molar-refractivity contribution in [1.82, 2.24) is 9.61 Å². The van der Waals surface area contributed by atoms with Crippen LogP contribution in [0.25, 0.3) is 5.52 Å². The maximum Gasteiger partial charge on any atom is 0.337 e. The van der Waals surface area contributed by atoms with Crippen LogP contribution in [0.15, 0.2) is 66.9 Å². The highest BCUT2D eigenvalue weighted by Gasteiger charge is 2.17. The van der Waals surface area contributed by atoms with Gasteiger partial charge in [0, 0.05) is 11.9 Å². The van der Waals surface area contributed by atoms with Crippen molar-refractivity contribution in [3.05, 3.63) is 83.7 Å². The van der Waals surface area contributed by atoms with Crippen LogP contribution in [0.2, 0.25) is 0 Å². The molecule has 2 aromatic heterocycles. The number of ether oxygens (including phenoxy) is 1. The SMILES string of the molecule is Cc1cc(Nc2ccc(Oc3ccccc3)cc2)c2c(C)c(C(=O)O)cn2n1. The lowest BCUT2D eigenvalue weighted by molar-refractivity contribution is 0.0696. The molecule has 0 saturated carbocycles. The predicted octanol–water partition coefficient (Wildman–Crippen LogP) is 5.19. The third-order valence-corrected chi connectivity index (χ3v) is 4.46. The van der Waals surface area contributed by atoms with Gasteiger partial charge in [-0.05, 0) is 61.9 Å². The Labute approximate surface area is 162 Å². The number of fused-ring (bicyclic) bond motifs is 1. The fraction of sp³-hybridized carbons (Fsp3) is 0.0909. The van der Waals surface area contributed by atoms with Gasteiger partial charge in [-0.25, -0.2) is 9.31 Å². The van der Waals surface area contributed by atoms with E-state index in [2.05, 4.69) is 10.4 Å². The second-order valence-corrected chi connectivity index (χ2v) is 6.53. The van der Waals surface area contributed by atoms with Crippen molar-refractivity contribution in [3.63, 3.8) is 0 Å². The van der Waals surface area contributed by atoms with E-state index in [1.807, 2.05) is 67.6 Å². The first-order valence-corrected chi connectivity index (χ1v) is 8.84. The molecule has 6 heteroatoms. The number of para-hydroxylation sites is 1. The van der Waals surface area contributed by atoms with Gasteiger partial charge in [0.15, 0.2) is 0 Å². The van der Waals surface area contributed by atoms with Gasteiger partial charge < -0.3 is 15.2 Å². The largest absolute Gasteiger partial charge is 0.478 e. The van der Waals surface area contributed by atoms with Gasteiger partial charge in [-0.3, -0.25) is 0 Å². The smallest absolute Gasteiger partial charge is 0.337 e. The van der Waals surface area contributed by atoms with E-state index in [4.69, 9.17) is 4.74 Å². The van der Waals surface area contributed by atoms with E-state index in [9.17, 15) is 9.90 Å². The number of carboxylic acid groups (broad SMARTS) is 1. The number of hydrogen-bond acceptors (Lipinski definition) is 4. The van der Waals surface area contributed by atoms with Crippen LogP contribution in [0.1, 0.15) is 21.6 Å². The number of carboxylic acids is 1. The van der Waals surface area contributed by atoms with Crippen LogP contribution in [0.4, 0.5) is 11.4 Å². The summed E-state index contributed by atoms with van der Waals surface area (Å²) in [5.74, 6) is 0.550. The Morgan fingerprint density at radius 1 is 1.04 bits per heavy atom. The zero-order chi connectivity index (χ0) is 19.7. The van der Waals surface area contributed by atoms with Crippen molar-refractivity contribution in [1.29, 1.82) is 0 Å². The minimum Gasteiger partial charge on any atom is -0.478 e. The molecule has 0 fully saturated rings. The van der Waals surface area contributed by atoms with Crippen molar-refractivity contribution in [3.8, 4) is 11.5 Å². The van der Waals surface area contributed by atoms with Crippen LogP contribution in [0, 0.1) is 13.8 Å². The normalized spacial score (nSPS) is 10.8. The number of aryl methyl sites for hydroxylation is 2. The number of anilines is 2. The molecule has 140 valence electrons. The van der Waals surface area contributed by atoms with Crippen molar-refractivity contribution in [2.75, 3.05) is 5.32 Å². The van der Waals surface area contributed by atoms with Crippen LogP contribution < -0.4 is 10.1 Å². The monoisotopic (exact) mass is 373 g/mol. The minimum atomic E-state index is -0.964. The summed E-state index contributed by atoms with van der Waals surface area (Å²) < 4.78 is 7.43. The summed E-state index contributed by atoms with van der Waals surface area (Å²) in [6.07, 6.45) is 1.54. The molecule has 0 radical (unpaired) electrons. The van der Waals surface area contributed by atoms with Crippen molar-refractivity contribution >= 4 is 22.9 Å². The molecular formula is C22H19N3O3. The average molecular weight is 373 g/mol. The summed E-state index contributed by atoms with van der Waals surface area (Å²) in [6.45, 7) is 3.66. The summed E-state index contributed by atoms with van der Waals surface area (Å²) in [4.78, 5) is 11.5. The summed E-state index contributed by atoms with van der Waals surface area (Å²) >= 11 is 0. The van der Waals surface area contributed by atoms with Gasteiger partial charge in [0.25, 0.3) is 0 Å². The van der Waals surface area contributed by atoms with E-state index < -0.39 is 5.97 Å². The number of aromatic carboxylic acids is 1. The number of aromatic nitrogens is 2. The lowest BCUT2D eigenvalue weighted by atomic mass is 10.1. The fourth-order valence-corrected chi connectivity index (χ4v) is 3.16. The van der Waals surface area contributed by atoms with Crippen LogP contribution in [0.3, 0.4) is 0 Å². The van der Waals surface area contributed by atoms with Gasteiger partial charge in [0.2, 0.25) is 0 Å². The molecule has 0 unspecified atom stereocenters. The fourth-order valence-electron chi connectivity index (χ4n) is 3.16. The number of nitrogens with zero attached hydrogens (tertiary/aromatic N) is 2. The van der Waals surface area contributed by atoms with E-state index in [1.165, 1.54) is 0 Å². The van der Waals surface area contributed by atoms with E-state index in [-0.39, 0.29) is 5.56 Å². The first-order valence-electron chi connectivity index (χ1n) is 8.84. The Kier molecular flexibility index (Phi) is 4.45. The molecular weight excluding hydrogens is 354 g/mol. The van der Waals surface area contributed by atoms with Crippen molar-refractivity contribution in [2.45, 2.75) is 13.8 Å². The maximum absolute atomic E-state index is 11.5. The number of nitrogens with one attached hydrogen (secondary N) is 1. The predicted molar refractivity (Wildman–Crippen MR) is 108 cm³/mol. The van der Waals surface area contributed by atoms with E-state index in [0.29, 0.717) is 5.56 Å². The molecule has 2 heterocycles. The summed E-state index contributed by atoms with van der Waals surface area (Å²) in [7, 11) is 0. The number of rotatable bonds is 5. The third kappa shape index (κ3) is 3.40. The molecule has 0 saturated heterocycles. The molecule has 0 spiro atoms. The van der Waals surface area contributed by atoms with Gasteiger partial charge in [-0.1, -0.05) is 18.2 Å². The minimum absolute atomic E-state index is 0.243. The molecule has 0 aliphatic rings. The average Bonchev–Trinajstić information content (AvgIpc) is 3.01. The molecule has 4 aromatic rings. The lowest BCUT2D eigenvalue weighted by Crippen LogP contribution is -1.99. The second kappa shape index (κ2) is 7.08. The second-order valence-electron chi connectivity index (χ2n) is 6.53. The van der Waals surface area contributed by atoms with Crippen molar-refractivity contribution < 1.29 is 14.6 Å². The van der Waals surface area contributed by atoms with Gasteiger partial charge in [0.1, 0.15) is 11.5 Å². The topological polar surface area (TPSA) is 75.9 Å². The highest BCUT2D eigenvalue weighted by molar-refractivity contribution is 5.95. The molecule has 0 aliphatic carbocycles. The quantitative estimate of drug-likeness (QED) is 0.504. The Hall–Kier alpha value is -3.80. The van der Waals surface area contributed by atoms with E-state index in [0.717, 1.165) is 34.1 Å². The van der Waals surface area contributed by atoms with Crippen LogP contribution in [-0.2, 0) is 0 Å². The molecule has 6 nitrogen and oxygen atoms in total. The van der Waals surface area contributed by atoms with Gasteiger partial charge in [-0.2, -0.15) is 5.10 Å². The number of hydrogen-bond donors (Lipinski definition) is 2. The molecule has 2 N–H and O–H groups in total. The summed E-state index contributed by atoms with van der Waals surface area (Å²) in [5.41, 5.74) is 4.11. The van der Waals surface area contributed by atoms with Crippen molar-refractivity contribution in [2.24, 2.45) is 0 Å². The first kappa shape index (κ1) is 17.6. The maximum atomic E-state index is 11.5.